The molecule has 2 atom stereocenters. The second kappa shape index (κ2) is 8.26. The lowest BCUT2D eigenvalue weighted by Crippen LogP contribution is -2.58. The highest BCUT2D eigenvalue weighted by Crippen LogP contribution is 2.34. The van der Waals surface area contributed by atoms with Crippen molar-refractivity contribution in [3.63, 3.8) is 0 Å². The summed E-state index contributed by atoms with van der Waals surface area (Å²) in [6.07, 6.45) is 3.78. The van der Waals surface area contributed by atoms with Crippen molar-refractivity contribution in [2.24, 2.45) is 11.7 Å². The monoisotopic (exact) mass is 395 g/mol. The lowest BCUT2D eigenvalue weighted by Gasteiger charge is -2.42. The van der Waals surface area contributed by atoms with Crippen LogP contribution in [-0.4, -0.2) is 57.6 Å². The van der Waals surface area contributed by atoms with Crippen LogP contribution in [0.2, 0.25) is 0 Å². The Bertz CT molecular complexity index is 760. The minimum absolute atomic E-state index is 0.102. The predicted octanol–water partition coefficient (Wildman–Crippen LogP) is 1.34. The summed E-state index contributed by atoms with van der Waals surface area (Å²) in [6.45, 7) is 4.50. The van der Waals surface area contributed by atoms with E-state index in [9.17, 15) is 13.2 Å². The van der Waals surface area contributed by atoms with Gasteiger partial charge in [0.1, 0.15) is 0 Å². The highest BCUT2D eigenvalue weighted by atomic mass is 32.2. The molecule has 3 N–H and O–H groups in total. The molecular weight excluding hydrogens is 366 g/mol. The second-order valence-corrected chi connectivity index (χ2v) is 9.22. The molecule has 0 spiro atoms. The number of nitrogens with zero attached hydrogens (tertiary/aromatic N) is 1. The van der Waals surface area contributed by atoms with Crippen LogP contribution in [-0.2, 0) is 14.8 Å². The molecule has 1 aliphatic heterocycles. The van der Waals surface area contributed by atoms with Crippen LogP contribution in [0.25, 0.3) is 0 Å². The molecular formula is C19H29N3O4S. The van der Waals surface area contributed by atoms with Gasteiger partial charge < -0.3 is 15.4 Å². The van der Waals surface area contributed by atoms with Crippen LogP contribution in [0.15, 0.2) is 29.2 Å². The summed E-state index contributed by atoms with van der Waals surface area (Å²) in [5.74, 6) is 0.0859. The molecule has 8 heteroatoms. The molecule has 27 heavy (non-hydrogen) atoms. The average Bonchev–Trinajstić information content (AvgIpc) is 2.70. The highest BCUT2D eigenvalue weighted by molar-refractivity contribution is 7.89. The summed E-state index contributed by atoms with van der Waals surface area (Å²) in [6, 6.07) is 6.14. The maximum absolute atomic E-state index is 12.9. The Kier molecular flexibility index (Phi) is 6.20. The van der Waals surface area contributed by atoms with Gasteiger partial charge in [0.2, 0.25) is 10.0 Å². The van der Waals surface area contributed by atoms with Gasteiger partial charge in [-0.05, 0) is 43.0 Å². The van der Waals surface area contributed by atoms with E-state index in [0.29, 0.717) is 31.9 Å². The van der Waals surface area contributed by atoms with Gasteiger partial charge in [0.05, 0.1) is 18.1 Å². The zero-order valence-electron chi connectivity index (χ0n) is 15.8. The molecule has 1 saturated carbocycles. The number of carbonyl (C=O) groups is 1. The summed E-state index contributed by atoms with van der Waals surface area (Å²) in [4.78, 5) is 14.4. The smallest absolute Gasteiger partial charge is 0.254 e. The minimum atomic E-state index is -3.71. The Morgan fingerprint density at radius 1 is 1.26 bits per heavy atom. The molecule has 0 radical (unpaired) electrons. The fraction of sp³-hybridized carbons (Fsp3) is 0.632. The first-order valence-electron chi connectivity index (χ1n) is 9.59. The molecule has 0 aromatic heterocycles. The van der Waals surface area contributed by atoms with Crippen LogP contribution in [0.1, 0.15) is 43.0 Å². The molecule has 1 heterocycles. The molecule has 1 aromatic rings. The second-order valence-electron chi connectivity index (χ2n) is 7.54. The zero-order chi connectivity index (χ0) is 19.5. The SMILES string of the molecule is CC1CCCCC1(CN)NS(=O)(=O)c1ccc(C(=O)N2CCOCC2)cc1. The molecule has 7 nitrogen and oxygen atoms in total. The summed E-state index contributed by atoms with van der Waals surface area (Å²) in [5, 5.41) is 0. The van der Waals surface area contributed by atoms with Crippen molar-refractivity contribution >= 4 is 15.9 Å². The van der Waals surface area contributed by atoms with Gasteiger partial charge in [-0.1, -0.05) is 19.8 Å². The summed E-state index contributed by atoms with van der Waals surface area (Å²) >= 11 is 0. The molecule has 2 fully saturated rings. The van der Waals surface area contributed by atoms with Crippen molar-refractivity contribution in [3.8, 4) is 0 Å². The summed E-state index contributed by atoms with van der Waals surface area (Å²) in [5.41, 5.74) is 5.86. The first kappa shape index (κ1) is 20.3. The third-order valence-electron chi connectivity index (χ3n) is 5.87. The van der Waals surface area contributed by atoms with E-state index in [2.05, 4.69) is 11.6 Å². The summed E-state index contributed by atoms with van der Waals surface area (Å²) < 4.78 is 34.0. The first-order valence-corrected chi connectivity index (χ1v) is 11.1. The van der Waals surface area contributed by atoms with Crippen molar-refractivity contribution in [1.29, 1.82) is 0 Å². The lowest BCUT2D eigenvalue weighted by atomic mass is 9.74. The Morgan fingerprint density at radius 3 is 2.52 bits per heavy atom. The molecule has 1 saturated heterocycles. The topological polar surface area (TPSA) is 102 Å². The van der Waals surface area contributed by atoms with E-state index < -0.39 is 15.6 Å². The van der Waals surface area contributed by atoms with Crippen LogP contribution in [0, 0.1) is 5.92 Å². The van der Waals surface area contributed by atoms with E-state index in [0.717, 1.165) is 25.7 Å². The summed E-state index contributed by atoms with van der Waals surface area (Å²) in [7, 11) is -3.71. The maximum Gasteiger partial charge on any atom is 0.254 e. The Balaban J connectivity index is 1.76. The van der Waals surface area contributed by atoms with Crippen molar-refractivity contribution in [2.75, 3.05) is 32.8 Å². The predicted molar refractivity (Wildman–Crippen MR) is 103 cm³/mol. The average molecular weight is 396 g/mol. The van der Waals surface area contributed by atoms with Crippen LogP contribution >= 0.6 is 0 Å². The molecule has 3 rings (SSSR count). The van der Waals surface area contributed by atoms with Crippen LogP contribution in [0.5, 0.6) is 0 Å². The number of sulfonamides is 1. The van der Waals surface area contributed by atoms with Gasteiger partial charge >= 0.3 is 0 Å². The maximum atomic E-state index is 12.9. The molecule has 0 bridgehead atoms. The molecule has 150 valence electrons. The highest BCUT2D eigenvalue weighted by Gasteiger charge is 2.40. The van der Waals surface area contributed by atoms with Gasteiger partial charge in [-0.25, -0.2) is 13.1 Å². The van der Waals surface area contributed by atoms with E-state index in [1.165, 1.54) is 12.1 Å². The van der Waals surface area contributed by atoms with E-state index in [4.69, 9.17) is 10.5 Å². The first-order chi connectivity index (χ1) is 12.9. The Morgan fingerprint density at radius 2 is 1.93 bits per heavy atom. The molecule has 2 unspecified atom stereocenters. The minimum Gasteiger partial charge on any atom is -0.378 e. The molecule has 1 aromatic carbocycles. The van der Waals surface area contributed by atoms with E-state index >= 15 is 0 Å². The van der Waals surface area contributed by atoms with Crippen molar-refractivity contribution in [2.45, 2.75) is 43.0 Å². The number of nitrogens with one attached hydrogen (secondary N) is 1. The molecule has 2 aliphatic rings. The van der Waals surface area contributed by atoms with E-state index in [1.807, 2.05) is 0 Å². The van der Waals surface area contributed by atoms with E-state index in [1.54, 1.807) is 17.0 Å². The van der Waals surface area contributed by atoms with Crippen molar-refractivity contribution in [3.05, 3.63) is 29.8 Å². The van der Waals surface area contributed by atoms with Gasteiger partial charge in [0, 0.05) is 30.7 Å². The van der Waals surface area contributed by atoms with Crippen LogP contribution in [0.4, 0.5) is 0 Å². The third-order valence-corrected chi connectivity index (χ3v) is 7.43. The number of benzene rings is 1. The number of ether oxygens (including phenoxy) is 1. The normalized spacial score (nSPS) is 26.7. The standard InChI is InChI=1S/C19H29N3O4S/c1-15-4-2-3-9-19(15,14-20)21-27(24,25)17-7-5-16(6-8-17)18(23)22-10-12-26-13-11-22/h5-8,15,21H,2-4,9-14,20H2,1H3. The van der Waals surface area contributed by atoms with Gasteiger partial charge in [-0.15, -0.1) is 0 Å². The Hall–Kier alpha value is -1.48. The number of nitrogens with two attached hydrogens (primary N) is 1. The number of morpholine rings is 1. The van der Waals surface area contributed by atoms with Gasteiger partial charge in [-0.2, -0.15) is 0 Å². The van der Waals surface area contributed by atoms with Gasteiger partial charge in [-0.3, -0.25) is 4.79 Å². The number of amides is 1. The van der Waals surface area contributed by atoms with Crippen molar-refractivity contribution in [1.82, 2.24) is 9.62 Å². The van der Waals surface area contributed by atoms with Crippen LogP contribution in [0.3, 0.4) is 0 Å². The number of hydrogen-bond donors (Lipinski definition) is 2. The largest absolute Gasteiger partial charge is 0.378 e. The third kappa shape index (κ3) is 4.34. The number of carbonyl (C=O) groups excluding carboxylic acids is 1. The van der Waals surface area contributed by atoms with Gasteiger partial charge in [0.25, 0.3) is 5.91 Å². The van der Waals surface area contributed by atoms with E-state index in [-0.39, 0.29) is 23.3 Å². The fourth-order valence-corrected chi connectivity index (χ4v) is 5.50. The van der Waals surface area contributed by atoms with Gasteiger partial charge in [0.15, 0.2) is 0 Å². The lowest BCUT2D eigenvalue weighted by molar-refractivity contribution is 0.0303. The molecule has 1 amide bonds. The van der Waals surface area contributed by atoms with Crippen LogP contribution < -0.4 is 10.5 Å². The quantitative estimate of drug-likeness (QED) is 0.783. The number of hydrogen-bond acceptors (Lipinski definition) is 5. The Labute approximate surface area is 161 Å². The zero-order valence-corrected chi connectivity index (χ0v) is 16.6. The molecule has 1 aliphatic carbocycles. The number of rotatable bonds is 5. The fourth-order valence-electron chi connectivity index (χ4n) is 3.96. The van der Waals surface area contributed by atoms with Crippen molar-refractivity contribution < 1.29 is 17.9 Å².